The Hall–Kier alpha value is -2.35. The van der Waals surface area contributed by atoms with E-state index in [0.29, 0.717) is 31.6 Å². The van der Waals surface area contributed by atoms with Gasteiger partial charge in [-0.1, -0.05) is 12.1 Å². The number of nitrogens with zero attached hydrogens (tertiary/aromatic N) is 2. The number of aryl methyl sites for hydroxylation is 1. The molecule has 1 saturated heterocycles. The molecule has 1 aromatic carbocycles. The molecule has 0 unspecified atom stereocenters. The predicted molar refractivity (Wildman–Crippen MR) is 83.8 cm³/mol. The van der Waals surface area contributed by atoms with Crippen LogP contribution in [-0.4, -0.2) is 28.7 Å². The van der Waals surface area contributed by atoms with Crippen molar-refractivity contribution in [2.24, 2.45) is 7.05 Å². The first-order valence-electron chi connectivity index (χ1n) is 7.86. The zero-order chi connectivity index (χ0) is 18.1. The van der Waals surface area contributed by atoms with Crippen LogP contribution in [0.25, 0.3) is 0 Å². The fourth-order valence-corrected chi connectivity index (χ4v) is 3.01. The summed E-state index contributed by atoms with van der Waals surface area (Å²) in [5.74, 6) is -0.417. The Bertz CT molecular complexity index is 764. The number of aromatic nitrogens is 2. The number of ether oxygens (including phenoxy) is 1. The van der Waals surface area contributed by atoms with E-state index in [2.05, 4.69) is 10.3 Å². The van der Waals surface area contributed by atoms with E-state index in [1.165, 1.54) is 12.4 Å². The summed E-state index contributed by atoms with van der Waals surface area (Å²) in [7, 11) is 1.74. The molecule has 0 radical (unpaired) electrons. The number of carbonyl (C=O) groups is 1. The van der Waals surface area contributed by atoms with Gasteiger partial charge in [0.15, 0.2) is 0 Å². The maximum Gasteiger partial charge on any atom is 0.416 e. The zero-order valence-electron chi connectivity index (χ0n) is 13.6. The highest BCUT2D eigenvalue weighted by molar-refractivity contribution is 5.92. The number of benzene rings is 1. The molecular formula is C17H18F3N3O2. The lowest BCUT2D eigenvalue weighted by atomic mass is 9.81. The Morgan fingerprint density at radius 1 is 1.32 bits per heavy atom. The normalized spacial score (nSPS) is 17.3. The minimum atomic E-state index is -4.44. The van der Waals surface area contributed by atoms with Gasteiger partial charge in [0.25, 0.3) is 5.91 Å². The molecule has 134 valence electrons. The molecule has 1 aliphatic rings. The van der Waals surface area contributed by atoms with Gasteiger partial charge in [-0.05, 0) is 30.5 Å². The van der Waals surface area contributed by atoms with E-state index < -0.39 is 23.2 Å². The number of rotatable bonds is 3. The molecule has 2 heterocycles. The molecule has 1 amide bonds. The van der Waals surface area contributed by atoms with Gasteiger partial charge in [-0.2, -0.15) is 13.2 Å². The summed E-state index contributed by atoms with van der Waals surface area (Å²) in [5, 5.41) is 2.89. The molecule has 3 rings (SSSR count). The maximum atomic E-state index is 13.1. The van der Waals surface area contributed by atoms with Crippen LogP contribution in [0.3, 0.4) is 0 Å². The average molecular weight is 353 g/mol. The number of halogens is 3. The molecule has 1 fully saturated rings. The van der Waals surface area contributed by atoms with Crippen LogP contribution < -0.4 is 5.32 Å². The van der Waals surface area contributed by atoms with Crippen molar-refractivity contribution in [3.8, 4) is 0 Å². The van der Waals surface area contributed by atoms with E-state index in [-0.39, 0.29) is 5.69 Å². The highest BCUT2D eigenvalue weighted by atomic mass is 19.4. The summed E-state index contributed by atoms with van der Waals surface area (Å²) in [6.07, 6.45) is -0.586. The van der Waals surface area contributed by atoms with Crippen molar-refractivity contribution in [1.82, 2.24) is 14.9 Å². The third-order valence-corrected chi connectivity index (χ3v) is 4.38. The number of hydrogen-bond donors (Lipinski definition) is 1. The number of imidazole rings is 1. The number of carbonyl (C=O) groups excluding carboxylic acids is 1. The third kappa shape index (κ3) is 3.68. The molecule has 25 heavy (non-hydrogen) atoms. The van der Waals surface area contributed by atoms with E-state index >= 15 is 0 Å². The second-order valence-electron chi connectivity index (χ2n) is 6.15. The molecule has 1 aromatic heterocycles. The first-order valence-corrected chi connectivity index (χ1v) is 7.86. The van der Waals surface area contributed by atoms with Gasteiger partial charge >= 0.3 is 6.18 Å². The second-order valence-corrected chi connectivity index (χ2v) is 6.15. The summed E-state index contributed by atoms with van der Waals surface area (Å²) >= 11 is 0. The lowest BCUT2D eigenvalue weighted by Gasteiger charge is -2.38. The van der Waals surface area contributed by atoms with Crippen molar-refractivity contribution in [1.29, 1.82) is 0 Å². The summed E-state index contributed by atoms with van der Waals surface area (Å²) in [6.45, 7) is 0.720. The molecule has 8 heteroatoms. The van der Waals surface area contributed by atoms with Crippen molar-refractivity contribution < 1.29 is 22.7 Å². The van der Waals surface area contributed by atoms with Crippen molar-refractivity contribution >= 4 is 5.91 Å². The Labute approximate surface area is 142 Å². The topological polar surface area (TPSA) is 56.2 Å². The molecule has 0 bridgehead atoms. The number of hydrogen-bond acceptors (Lipinski definition) is 3. The molecule has 0 aliphatic carbocycles. The van der Waals surface area contributed by atoms with E-state index in [9.17, 15) is 18.0 Å². The van der Waals surface area contributed by atoms with Gasteiger partial charge in [0.05, 0.1) is 17.4 Å². The summed E-state index contributed by atoms with van der Waals surface area (Å²) < 4.78 is 46.2. The van der Waals surface area contributed by atoms with Gasteiger partial charge in [-0.15, -0.1) is 0 Å². The molecule has 1 aliphatic heterocycles. The van der Waals surface area contributed by atoms with Gasteiger partial charge in [-0.25, -0.2) is 4.98 Å². The molecule has 5 nitrogen and oxygen atoms in total. The summed E-state index contributed by atoms with van der Waals surface area (Å²) in [5.41, 5.74) is -0.994. The number of alkyl halides is 3. The Balaban J connectivity index is 1.95. The molecule has 1 N–H and O–H groups in total. The first kappa shape index (κ1) is 17.5. The summed E-state index contributed by atoms with van der Waals surface area (Å²) in [6, 6.07) is 5.10. The second kappa shape index (κ2) is 6.51. The van der Waals surface area contributed by atoms with Gasteiger partial charge in [-0.3, -0.25) is 4.79 Å². The molecule has 0 spiro atoms. The van der Waals surface area contributed by atoms with Crippen molar-refractivity contribution in [3.05, 3.63) is 53.6 Å². The van der Waals surface area contributed by atoms with Gasteiger partial charge in [0.1, 0.15) is 5.69 Å². The predicted octanol–water partition coefficient (Wildman–Crippen LogP) is 2.87. The van der Waals surface area contributed by atoms with Gasteiger partial charge in [0, 0.05) is 26.5 Å². The summed E-state index contributed by atoms with van der Waals surface area (Å²) in [4.78, 5) is 16.5. The Morgan fingerprint density at radius 2 is 2.04 bits per heavy atom. The van der Waals surface area contributed by atoms with Crippen LogP contribution in [0, 0.1) is 0 Å². The van der Waals surface area contributed by atoms with Crippen LogP contribution >= 0.6 is 0 Å². The highest BCUT2D eigenvalue weighted by Crippen LogP contribution is 2.36. The van der Waals surface area contributed by atoms with E-state index in [1.54, 1.807) is 23.9 Å². The Kier molecular flexibility index (Phi) is 4.55. The quantitative estimate of drug-likeness (QED) is 0.923. The average Bonchev–Trinajstić information content (AvgIpc) is 3.02. The smallest absolute Gasteiger partial charge is 0.381 e. The minimum Gasteiger partial charge on any atom is -0.381 e. The molecular weight excluding hydrogens is 335 g/mol. The zero-order valence-corrected chi connectivity index (χ0v) is 13.6. The maximum absolute atomic E-state index is 13.1. The van der Waals surface area contributed by atoms with E-state index in [1.807, 2.05) is 0 Å². The first-order chi connectivity index (χ1) is 11.8. The van der Waals surface area contributed by atoms with Crippen LogP contribution in [0.1, 0.15) is 34.5 Å². The highest BCUT2D eigenvalue weighted by Gasteiger charge is 2.39. The van der Waals surface area contributed by atoms with Crippen LogP contribution in [0.5, 0.6) is 0 Å². The fraction of sp³-hybridized carbons (Fsp3) is 0.412. The monoisotopic (exact) mass is 353 g/mol. The molecule has 2 aromatic rings. The minimum absolute atomic E-state index is 0.223. The molecule has 0 saturated carbocycles. The van der Waals surface area contributed by atoms with Crippen LogP contribution in [0.4, 0.5) is 13.2 Å². The number of amides is 1. The molecule has 0 atom stereocenters. The van der Waals surface area contributed by atoms with Gasteiger partial charge < -0.3 is 14.6 Å². The van der Waals surface area contributed by atoms with E-state index in [4.69, 9.17) is 4.74 Å². The standard InChI is InChI=1S/C17H18F3N3O2/c1-23-10-14(21-11-23)15(24)22-16(5-7-25-8-6-16)12-3-2-4-13(9-12)17(18,19)20/h2-4,9-11H,5-8H2,1H3,(H,22,24). The van der Waals surface area contributed by atoms with Crippen molar-refractivity contribution in [2.75, 3.05) is 13.2 Å². The lowest BCUT2D eigenvalue weighted by molar-refractivity contribution is -0.137. The SMILES string of the molecule is Cn1cnc(C(=O)NC2(c3cccc(C(F)(F)F)c3)CCOCC2)c1. The number of nitrogens with one attached hydrogen (secondary N) is 1. The lowest BCUT2D eigenvalue weighted by Crippen LogP contribution is -2.49. The van der Waals surface area contributed by atoms with Crippen LogP contribution in [0.15, 0.2) is 36.8 Å². The Morgan fingerprint density at radius 3 is 2.64 bits per heavy atom. The van der Waals surface area contributed by atoms with E-state index in [0.717, 1.165) is 12.1 Å². The van der Waals surface area contributed by atoms with Crippen molar-refractivity contribution in [2.45, 2.75) is 24.6 Å². The fourth-order valence-electron chi connectivity index (χ4n) is 3.01. The third-order valence-electron chi connectivity index (χ3n) is 4.38. The van der Waals surface area contributed by atoms with Crippen LogP contribution in [-0.2, 0) is 23.5 Å². The van der Waals surface area contributed by atoms with Crippen molar-refractivity contribution in [3.63, 3.8) is 0 Å². The van der Waals surface area contributed by atoms with Gasteiger partial charge in [0.2, 0.25) is 0 Å². The van der Waals surface area contributed by atoms with Crippen LogP contribution in [0.2, 0.25) is 0 Å². The largest absolute Gasteiger partial charge is 0.416 e.